The molecule has 0 unspecified atom stereocenters. The number of ether oxygens (including phenoxy) is 1. The number of carbonyl (C=O) groups excluding carboxylic acids is 1. The van der Waals surface area contributed by atoms with Crippen LogP contribution in [0.2, 0.25) is 0 Å². The maximum atomic E-state index is 11.7. The molecule has 0 atom stereocenters. The maximum Gasteiger partial charge on any atom is 0.338 e. The highest BCUT2D eigenvalue weighted by atomic mass is 79.9. The van der Waals surface area contributed by atoms with Gasteiger partial charge in [0.05, 0.1) is 12.2 Å². The number of carbonyl (C=O) groups is 1. The molecule has 2 N–H and O–H groups in total. The van der Waals surface area contributed by atoms with Gasteiger partial charge in [-0.1, -0.05) is 20.8 Å². The Balaban J connectivity index is 2.56. The van der Waals surface area contributed by atoms with Crippen LogP contribution in [-0.2, 0) is 4.74 Å². The van der Waals surface area contributed by atoms with Gasteiger partial charge in [0, 0.05) is 10.2 Å². The third kappa shape index (κ3) is 4.77. The van der Waals surface area contributed by atoms with E-state index < -0.39 is 0 Å². The number of nitrogens with two attached hydrogens (primary N) is 1. The van der Waals surface area contributed by atoms with E-state index in [1.807, 2.05) is 0 Å². The standard InChI is InChI=1S/C13H18BrNO2/c1-13(2,3)6-7-17-12(16)9-4-5-10(14)11(15)8-9/h4-5,8H,6-7,15H2,1-3H3. The molecule has 0 spiro atoms. The molecule has 0 bridgehead atoms. The smallest absolute Gasteiger partial charge is 0.338 e. The second kappa shape index (κ2) is 5.54. The number of benzene rings is 1. The molecule has 0 radical (unpaired) electrons. The molecule has 0 aliphatic carbocycles. The molecular weight excluding hydrogens is 282 g/mol. The SMILES string of the molecule is CC(C)(C)CCOC(=O)c1ccc(Br)c(N)c1. The van der Waals surface area contributed by atoms with Crippen LogP contribution in [0.15, 0.2) is 22.7 Å². The average Bonchev–Trinajstić information content (AvgIpc) is 2.20. The summed E-state index contributed by atoms with van der Waals surface area (Å²) in [5, 5.41) is 0. The lowest BCUT2D eigenvalue weighted by Crippen LogP contribution is -2.13. The summed E-state index contributed by atoms with van der Waals surface area (Å²) in [5.74, 6) is -0.326. The Labute approximate surface area is 110 Å². The van der Waals surface area contributed by atoms with E-state index in [1.54, 1.807) is 18.2 Å². The van der Waals surface area contributed by atoms with Crippen molar-refractivity contribution in [2.24, 2.45) is 5.41 Å². The summed E-state index contributed by atoms with van der Waals surface area (Å²) < 4.78 is 5.97. The van der Waals surface area contributed by atoms with Gasteiger partial charge in [0.15, 0.2) is 0 Å². The van der Waals surface area contributed by atoms with Crippen LogP contribution in [0.1, 0.15) is 37.6 Å². The summed E-state index contributed by atoms with van der Waals surface area (Å²) in [6, 6.07) is 5.05. The Morgan fingerprint density at radius 3 is 2.59 bits per heavy atom. The first-order valence-corrected chi connectivity index (χ1v) is 6.31. The number of halogens is 1. The number of hydrogen-bond acceptors (Lipinski definition) is 3. The van der Waals surface area contributed by atoms with Gasteiger partial charge >= 0.3 is 5.97 Å². The molecule has 0 saturated heterocycles. The van der Waals surface area contributed by atoms with Crippen molar-refractivity contribution in [3.63, 3.8) is 0 Å². The first-order valence-electron chi connectivity index (χ1n) is 5.52. The second-order valence-electron chi connectivity index (χ2n) is 5.18. The largest absolute Gasteiger partial charge is 0.462 e. The molecule has 17 heavy (non-hydrogen) atoms. The van der Waals surface area contributed by atoms with Crippen molar-refractivity contribution in [2.75, 3.05) is 12.3 Å². The van der Waals surface area contributed by atoms with Crippen LogP contribution in [0.25, 0.3) is 0 Å². The van der Waals surface area contributed by atoms with Gasteiger partial charge in [-0.25, -0.2) is 4.79 Å². The molecular formula is C13H18BrNO2. The van der Waals surface area contributed by atoms with E-state index in [0.29, 0.717) is 17.9 Å². The fourth-order valence-electron chi connectivity index (χ4n) is 1.20. The number of rotatable bonds is 3. The summed E-state index contributed by atoms with van der Waals surface area (Å²) in [7, 11) is 0. The summed E-state index contributed by atoms with van der Waals surface area (Å²) in [6.45, 7) is 6.76. The zero-order chi connectivity index (χ0) is 13.1. The van der Waals surface area contributed by atoms with E-state index in [2.05, 4.69) is 36.7 Å². The highest BCUT2D eigenvalue weighted by Gasteiger charge is 2.13. The van der Waals surface area contributed by atoms with E-state index in [-0.39, 0.29) is 11.4 Å². The van der Waals surface area contributed by atoms with Crippen molar-refractivity contribution < 1.29 is 9.53 Å². The first-order chi connectivity index (χ1) is 7.79. The topological polar surface area (TPSA) is 52.3 Å². The molecule has 4 heteroatoms. The van der Waals surface area contributed by atoms with Gasteiger partial charge in [0.1, 0.15) is 0 Å². The molecule has 94 valence electrons. The summed E-state index contributed by atoms with van der Waals surface area (Å²) in [5.41, 5.74) is 6.89. The van der Waals surface area contributed by atoms with Gasteiger partial charge in [-0.15, -0.1) is 0 Å². The quantitative estimate of drug-likeness (QED) is 0.685. The minimum absolute atomic E-state index is 0.166. The number of nitrogen functional groups attached to an aromatic ring is 1. The molecule has 0 fully saturated rings. The number of esters is 1. The third-order valence-corrected chi connectivity index (χ3v) is 3.04. The predicted molar refractivity (Wildman–Crippen MR) is 72.9 cm³/mol. The van der Waals surface area contributed by atoms with E-state index in [9.17, 15) is 4.79 Å². The minimum atomic E-state index is -0.326. The Bertz CT molecular complexity index is 410. The minimum Gasteiger partial charge on any atom is -0.462 e. The lowest BCUT2D eigenvalue weighted by atomic mass is 9.93. The second-order valence-corrected chi connectivity index (χ2v) is 6.04. The molecule has 0 aliphatic rings. The van der Waals surface area contributed by atoms with Crippen molar-refractivity contribution in [1.29, 1.82) is 0 Å². The zero-order valence-electron chi connectivity index (χ0n) is 10.4. The van der Waals surface area contributed by atoms with Gasteiger partial charge in [-0.2, -0.15) is 0 Å². The molecule has 0 heterocycles. The average molecular weight is 300 g/mol. The maximum absolute atomic E-state index is 11.7. The van der Waals surface area contributed by atoms with Gasteiger partial charge in [0.25, 0.3) is 0 Å². The van der Waals surface area contributed by atoms with Crippen LogP contribution in [0.5, 0.6) is 0 Å². The van der Waals surface area contributed by atoms with Crippen LogP contribution in [-0.4, -0.2) is 12.6 Å². The van der Waals surface area contributed by atoms with Gasteiger partial charge < -0.3 is 10.5 Å². The van der Waals surface area contributed by atoms with Crippen LogP contribution in [0.4, 0.5) is 5.69 Å². The summed E-state index contributed by atoms with van der Waals surface area (Å²) in [4.78, 5) is 11.7. The van der Waals surface area contributed by atoms with Crippen molar-refractivity contribution in [1.82, 2.24) is 0 Å². The molecule has 1 rings (SSSR count). The van der Waals surface area contributed by atoms with Crippen LogP contribution in [0.3, 0.4) is 0 Å². The van der Waals surface area contributed by atoms with Crippen LogP contribution >= 0.6 is 15.9 Å². The van der Waals surface area contributed by atoms with E-state index >= 15 is 0 Å². The van der Waals surface area contributed by atoms with E-state index in [1.165, 1.54) is 0 Å². The van der Waals surface area contributed by atoms with Crippen LogP contribution in [0, 0.1) is 5.41 Å². The fourth-order valence-corrected chi connectivity index (χ4v) is 1.45. The third-order valence-electron chi connectivity index (χ3n) is 2.32. The Kier molecular flexibility index (Phi) is 4.57. The van der Waals surface area contributed by atoms with Crippen LogP contribution < -0.4 is 5.73 Å². The predicted octanol–water partition coefficient (Wildman–Crippen LogP) is 3.62. The van der Waals surface area contributed by atoms with Crippen molar-refractivity contribution >= 4 is 27.6 Å². The van der Waals surface area contributed by atoms with E-state index in [4.69, 9.17) is 10.5 Å². The Morgan fingerprint density at radius 2 is 2.06 bits per heavy atom. The fraction of sp³-hybridized carbons (Fsp3) is 0.462. The van der Waals surface area contributed by atoms with Crippen molar-refractivity contribution in [3.05, 3.63) is 28.2 Å². The zero-order valence-corrected chi connectivity index (χ0v) is 12.0. The number of anilines is 1. The summed E-state index contributed by atoms with van der Waals surface area (Å²) >= 11 is 3.28. The van der Waals surface area contributed by atoms with Gasteiger partial charge in [-0.05, 0) is 46.0 Å². The Morgan fingerprint density at radius 1 is 1.41 bits per heavy atom. The van der Waals surface area contributed by atoms with Gasteiger partial charge in [-0.3, -0.25) is 0 Å². The molecule has 0 aliphatic heterocycles. The molecule has 0 amide bonds. The molecule has 1 aromatic carbocycles. The molecule has 0 aromatic heterocycles. The summed E-state index contributed by atoms with van der Waals surface area (Å²) in [6.07, 6.45) is 0.838. The molecule has 1 aromatic rings. The monoisotopic (exact) mass is 299 g/mol. The Hall–Kier alpha value is -1.03. The number of hydrogen-bond donors (Lipinski definition) is 1. The highest BCUT2D eigenvalue weighted by Crippen LogP contribution is 2.21. The highest BCUT2D eigenvalue weighted by molar-refractivity contribution is 9.10. The van der Waals surface area contributed by atoms with Crippen molar-refractivity contribution in [2.45, 2.75) is 27.2 Å². The first kappa shape index (κ1) is 14.0. The lowest BCUT2D eigenvalue weighted by Gasteiger charge is -2.17. The van der Waals surface area contributed by atoms with Gasteiger partial charge in [0.2, 0.25) is 0 Å². The normalized spacial score (nSPS) is 11.3. The molecule has 0 saturated carbocycles. The molecule has 3 nitrogen and oxygen atoms in total. The van der Waals surface area contributed by atoms with E-state index in [0.717, 1.165) is 10.9 Å². The lowest BCUT2D eigenvalue weighted by molar-refractivity contribution is 0.0465. The van der Waals surface area contributed by atoms with Crippen molar-refractivity contribution in [3.8, 4) is 0 Å².